The van der Waals surface area contributed by atoms with Crippen LogP contribution in [0.1, 0.15) is 20.8 Å². The Kier molecular flexibility index (Phi) is 7.86. The number of hydrogen-bond donors (Lipinski definition) is 1. The molecule has 1 atom stereocenters. The molecule has 0 bridgehead atoms. The third-order valence-corrected chi connectivity index (χ3v) is 7.14. The molecule has 1 amide bonds. The second-order valence-corrected chi connectivity index (χ2v) is 9.89. The topological polar surface area (TPSA) is 57.6 Å². The number of thiophene rings is 1. The number of benzene rings is 3. The van der Waals surface area contributed by atoms with E-state index in [1.54, 1.807) is 18.2 Å². The quantitative estimate of drug-likeness (QED) is 0.263. The number of hydrogen-bond acceptors (Lipinski definition) is 3. The summed E-state index contributed by atoms with van der Waals surface area (Å²) in [7, 11) is 0. The second-order valence-electron chi connectivity index (χ2n) is 7.87. The molecular formula is C27H20Cl2FNO3S. The Hall–Kier alpha value is -3.19. The van der Waals surface area contributed by atoms with Gasteiger partial charge in [-0.1, -0.05) is 65.7 Å². The van der Waals surface area contributed by atoms with Gasteiger partial charge < -0.3 is 10.0 Å². The van der Waals surface area contributed by atoms with Gasteiger partial charge in [-0.25, -0.2) is 9.18 Å². The zero-order chi connectivity index (χ0) is 24.9. The monoisotopic (exact) mass is 527 g/mol. The highest BCUT2D eigenvalue weighted by atomic mass is 35.5. The van der Waals surface area contributed by atoms with Crippen molar-refractivity contribution in [3.05, 3.63) is 117 Å². The smallest absolute Gasteiger partial charge is 0.326 e. The predicted molar refractivity (Wildman–Crippen MR) is 138 cm³/mol. The number of rotatable bonds is 8. The summed E-state index contributed by atoms with van der Waals surface area (Å²) in [6.45, 7) is 0.0629. The van der Waals surface area contributed by atoms with Crippen molar-refractivity contribution in [1.29, 1.82) is 0 Å². The van der Waals surface area contributed by atoms with Crippen LogP contribution in [0, 0.1) is 5.82 Å². The molecule has 0 fully saturated rings. The average Bonchev–Trinajstić information content (AvgIpc) is 3.30. The molecule has 8 heteroatoms. The van der Waals surface area contributed by atoms with Crippen LogP contribution >= 0.6 is 34.5 Å². The Morgan fingerprint density at radius 1 is 0.943 bits per heavy atom. The maximum absolute atomic E-state index is 13.6. The number of carboxylic acid groups (broad SMARTS) is 1. The van der Waals surface area contributed by atoms with Gasteiger partial charge in [0.1, 0.15) is 11.9 Å². The van der Waals surface area contributed by atoms with Crippen LogP contribution in [-0.2, 0) is 17.8 Å². The largest absolute Gasteiger partial charge is 0.480 e. The summed E-state index contributed by atoms with van der Waals surface area (Å²) in [5.74, 6) is -1.96. The van der Waals surface area contributed by atoms with E-state index in [0.29, 0.717) is 5.02 Å². The lowest BCUT2D eigenvalue weighted by Gasteiger charge is -2.29. The SMILES string of the molecule is O=C(O)C(Cc1ccccc1)N(Cc1ccc(-c2ccc(F)cc2)s1)C(=O)c1ccc(Cl)cc1Cl. The van der Waals surface area contributed by atoms with Gasteiger partial charge in [-0.15, -0.1) is 11.3 Å². The van der Waals surface area contributed by atoms with E-state index in [1.165, 1.54) is 40.5 Å². The molecule has 0 saturated heterocycles. The van der Waals surface area contributed by atoms with E-state index in [2.05, 4.69) is 0 Å². The molecule has 1 unspecified atom stereocenters. The minimum Gasteiger partial charge on any atom is -0.480 e. The number of carboxylic acids is 1. The molecule has 1 aromatic heterocycles. The molecule has 0 aliphatic heterocycles. The first kappa shape index (κ1) is 24.9. The summed E-state index contributed by atoms with van der Waals surface area (Å²) in [5.41, 5.74) is 1.80. The summed E-state index contributed by atoms with van der Waals surface area (Å²) >= 11 is 13.7. The zero-order valence-electron chi connectivity index (χ0n) is 18.3. The zero-order valence-corrected chi connectivity index (χ0v) is 20.7. The molecule has 4 nitrogen and oxygen atoms in total. The molecule has 4 aromatic rings. The van der Waals surface area contributed by atoms with Gasteiger partial charge in [-0.2, -0.15) is 0 Å². The molecule has 1 N–H and O–H groups in total. The normalized spacial score (nSPS) is 11.7. The lowest BCUT2D eigenvalue weighted by molar-refractivity contribution is -0.142. The van der Waals surface area contributed by atoms with Crippen LogP contribution in [0.25, 0.3) is 10.4 Å². The first-order valence-electron chi connectivity index (χ1n) is 10.7. The number of halogens is 3. The fourth-order valence-corrected chi connectivity index (χ4v) is 5.21. The summed E-state index contributed by atoms with van der Waals surface area (Å²) in [4.78, 5) is 29.0. The molecule has 0 saturated carbocycles. The maximum Gasteiger partial charge on any atom is 0.326 e. The number of carbonyl (C=O) groups excluding carboxylic acids is 1. The van der Waals surface area contributed by atoms with E-state index >= 15 is 0 Å². The van der Waals surface area contributed by atoms with Crippen LogP contribution in [0.3, 0.4) is 0 Å². The van der Waals surface area contributed by atoms with Crippen LogP contribution in [0.15, 0.2) is 84.9 Å². The van der Waals surface area contributed by atoms with Crippen molar-refractivity contribution in [2.45, 2.75) is 19.0 Å². The number of carbonyl (C=O) groups is 2. The highest BCUT2D eigenvalue weighted by molar-refractivity contribution is 7.15. The Labute approximate surface area is 216 Å². The van der Waals surface area contributed by atoms with Crippen molar-refractivity contribution in [2.24, 2.45) is 0 Å². The number of amides is 1. The van der Waals surface area contributed by atoms with Gasteiger partial charge in [0.2, 0.25) is 0 Å². The minimum absolute atomic E-state index is 0.0629. The van der Waals surface area contributed by atoms with Crippen molar-refractivity contribution >= 4 is 46.4 Å². The van der Waals surface area contributed by atoms with Crippen LogP contribution in [0.2, 0.25) is 10.0 Å². The predicted octanol–water partition coefficient (Wildman–Crippen LogP) is 7.20. The Morgan fingerprint density at radius 3 is 2.31 bits per heavy atom. The molecule has 4 rings (SSSR count). The van der Waals surface area contributed by atoms with E-state index in [-0.39, 0.29) is 29.4 Å². The van der Waals surface area contributed by atoms with Gasteiger partial charge >= 0.3 is 5.97 Å². The third kappa shape index (κ3) is 6.09. The molecule has 178 valence electrons. The van der Waals surface area contributed by atoms with E-state index in [1.807, 2.05) is 42.5 Å². The van der Waals surface area contributed by atoms with Gasteiger partial charge in [-0.05, 0) is 53.6 Å². The summed E-state index contributed by atoms with van der Waals surface area (Å²) < 4.78 is 13.3. The maximum atomic E-state index is 13.6. The number of nitrogens with zero attached hydrogens (tertiary/aromatic N) is 1. The van der Waals surface area contributed by atoms with Crippen LogP contribution in [0.5, 0.6) is 0 Å². The molecule has 0 radical (unpaired) electrons. The molecule has 0 spiro atoms. The third-order valence-electron chi connectivity index (χ3n) is 5.47. The summed E-state index contributed by atoms with van der Waals surface area (Å²) in [6, 6.07) is 22.3. The fraction of sp³-hybridized carbons (Fsp3) is 0.111. The van der Waals surface area contributed by atoms with Crippen molar-refractivity contribution < 1.29 is 19.1 Å². The van der Waals surface area contributed by atoms with Gasteiger partial charge in [-0.3, -0.25) is 4.79 Å². The molecule has 0 aliphatic rings. The van der Waals surface area contributed by atoms with Crippen molar-refractivity contribution in [3.63, 3.8) is 0 Å². The van der Waals surface area contributed by atoms with E-state index in [4.69, 9.17) is 23.2 Å². The number of aliphatic carboxylic acids is 1. The lowest BCUT2D eigenvalue weighted by Crippen LogP contribution is -2.46. The molecule has 35 heavy (non-hydrogen) atoms. The van der Waals surface area contributed by atoms with Crippen molar-refractivity contribution in [3.8, 4) is 10.4 Å². The molecular weight excluding hydrogens is 508 g/mol. The molecule has 1 heterocycles. The molecule has 3 aromatic carbocycles. The van der Waals surface area contributed by atoms with E-state index in [0.717, 1.165) is 20.9 Å². The first-order valence-corrected chi connectivity index (χ1v) is 12.3. The van der Waals surface area contributed by atoms with Crippen molar-refractivity contribution in [1.82, 2.24) is 4.90 Å². The van der Waals surface area contributed by atoms with Gasteiger partial charge in [0, 0.05) is 21.2 Å². The summed E-state index contributed by atoms with van der Waals surface area (Å²) in [5, 5.41) is 10.6. The molecule has 0 aliphatic carbocycles. The Bertz CT molecular complexity index is 1340. The highest BCUT2D eigenvalue weighted by Gasteiger charge is 2.32. The van der Waals surface area contributed by atoms with E-state index < -0.39 is 17.9 Å². The van der Waals surface area contributed by atoms with E-state index in [9.17, 15) is 19.1 Å². The summed E-state index contributed by atoms with van der Waals surface area (Å²) in [6.07, 6.45) is 0.128. The van der Waals surface area contributed by atoms with Crippen LogP contribution < -0.4 is 0 Å². The first-order chi connectivity index (χ1) is 16.8. The van der Waals surface area contributed by atoms with Gasteiger partial charge in [0.05, 0.1) is 17.1 Å². The van der Waals surface area contributed by atoms with Gasteiger partial charge in [0.15, 0.2) is 0 Å². The standard InChI is InChI=1S/C27H20Cl2FNO3S/c28-19-8-12-22(23(29)15-19)26(32)31(24(27(33)34)14-17-4-2-1-3-5-17)16-21-11-13-25(35-21)18-6-9-20(30)10-7-18/h1-13,15,24H,14,16H2,(H,33,34). The second kappa shape index (κ2) is 11.0. The average molecular weight is 528 g/mol. The lowest BCUT2D eigenvalue weighted by atomic mass is 10.0. The Morgan fingerprint density at radius 2 is 1.66 bits per heavy atom. The highest BCUT2D eigenvalue weighted by Crippen LogP contribution is 2.31. The Balaban J connectivity index is 1.69. The minimum atomic E-state index is -1.13. The van der Waals surface area contributed by atoms with Crippen LogP contribution in [0.4, 0.5) is 4.39 Å². The van der Waals surface area contributed by atoms with Gasteiger partial charge in [0.25, 0.3) is 5.91 Å². The fourth-order valence-electron chi connectivity index (χ4n) is 3.71. The van der Waals surface area contributed by atoms with Crippen LogP contribution in [-0.4, -0.2) is 27.9 Å². The van der Waals surface area contributed by atoms with Crippen molar-refractivity contribution in [2.75, 3.05) is 0 Å².